The van der Waals surface area contributed by atoms with E-state index in [0.29, 0.717) is 17.7 Å². The van der Waals surface area contributed by atoms with Gasteiger partial charge < -0.3 is 9.84 Å². The quantitative estimate of drug-likeness (QED) is 0.469. The maximum Gasteiger partial charge on any atom is 0.277 e. The molecule has 2 rings (SSSR count). The van der Waals surface area contributed by atoms with Crippen molar-refractivity contribution in [3.63, 3.8) is 0 Å². The van der Waals surface area contributed by atoms with Crippen molar-refractivity contribution in [3.8, 4) is 11.5 Å². The lowest BCUT2D eigenvalue weighted by molar-refractivity contribution is -0.123. The highest BCUT2D eigenvalue weighted by Crippen LogP contribution is 2.21. The highest BCUT2D eigenvalue weighted by atomic mass is 16.5. The molecule has 0 heterocycles. The maximum atomic E-state index is 11.6. The van der Waals surface area contributed by atoms with E-state index >= 15 is 0 Å². The topological polar surface area (TPSA) is 70.9 Å². The van der Waals surface area contributed by atoms with Gasteiger partial charge in [0.2, 0.25) is 0 Å². The second-order valence-corrected chi connectivity index (χ2v) is 4.74. The number of hydrazone groups is 1. The van der Waals surface area contributed by atoms with Crippen LogP contribution in [0, 0.1) is 0 Å². The van der Waals surface area contributed by atoms with E-state index in [-0.39, 0.29) is 18.3 Å². The molecule has 118 valence electrons. The Labute approximate surface area is 134 Å². The molecule has 2 aromatic rings. The number of hydrogen-bond acceptors (Lipinski definition) is 4. The van der Waals surface area contributed by atoms with Crippen molar-refractivity contribution in [2.45, 2.75) is 6.42 Å². The van der Waals surface area contributed by atoms with Gasteiger partial charge in [-0.3, -0.25) is 4.79 Å². The van der Waals surface area contributed by atoms with Crippen LogP contribution >= 0.6 is 0 Å². The molecule has 2 aromatic carbocycles. The normalized spacial score (nSPS) is 10.4. The van der Waals surface area contributed by atoms with Crippen molar-refractivity contribution in [1.82, 2.24) is 5.43 Å². The number of phenols is 1. The summed E-state index contributed by atoms with van der Waals surface area (Å²) in [6.07, 6.45) is 3.66. The molecule has 0 spiro atoms. The number of rotatable bonds is 7. The molecule has 0 fully saturated rings. The molecule has 1 amide bonds. The molecule has 0 radical (unpaired) electrons. The number of ether oxygens (including phenoxy) is 1. The second kappa shape index (κ2) is 8.38. The number of benzene rings is 2. The van der Waals surface area contributed by atoms with E-state index < -0.39 is 0 Å². The average molecular weight is 310 g/mol. The van der Waals surface area contributed by atoms with Gasteiger partial charge in [-0.1, -0.05) is 36.4 Å². The first kappa shape index (κ1) is 16.3. The van der Waals surface area contributed by atoms with Crippen LogP contribution in [0.2, 0.25) is 0 Å². The summed E-state index contributed by atoms with van der Waals surface area (Å²) in [6, 6.07) is 14.4. The van der Waals surface area contributed by atoms with Crippen molar-refractivity contribution < 1.29 is 14.6 Å². The van der Waals surface area contributed by atoms with Gasteiger partial charge in [0.25, 0.3) is 5.91 Å². The number of phenolic OH excluding ortho intramolecular Hbond substituents is 1. The molecule has 0 aliphatic carbocycles. The minimum Gasteiger partial charge on any atom is -0.507 e. The lowest BCUT2D eigenvalue weighted by Gasteiger charge is -2.05. The van der Waals surface area contributed by atoms with E-state index in [4.69, 9.17) is 4.74 Å². The second-order valence-electron chi connectivity index (χ2n) is 4.74. The fourth-order valence-corrected chi connectivity index (χ4v) is 1.91. The third-order valence-corrected chi connectivity index (χ3v) is 3.02. The molecule has 0 bridgehead atoms. The van der Waals surface area contributed by atoms with Gasteiger partial charge in [-0.05, 0) is 30.2 Å². The largest absolute Gasteiger partial charge is 0.507 e. The smallest absolute Gasteiger partial charge is 0.277 e. The van der Waals surface area contributed by atoms with E-state index in [0.717, 1.165) is 5.56 Å². The minimum atomic E-state index is -0.383. The summed E-state index contributed by atoms with van der Waals surface area (Å²) < 4.78 is 5.30. The summed E-state index contributed by atoms with van der Waals surface area (Å²) in [5.74, 6) is 0.360. The molecule has 23 heavy (non-hydrogen) atoms. The van der Waals surface area contributed by atoms with Crippen LogP contribution in [-0.4, -0.2) is 23.8 Å². The molecule has 0 saturated heterocycles. The number of aromatic hydroxyl groups is 1. The van der Waals surface area contributed by atoms with Crippen LogP contribution in [0.4, 0.5) is 0 Å². The molecular weight excluding hydrogens is 292 g/mol. The predicted molar refractivity (Wildman–Crippen MR) is 89.7 cm³/mol. The van der Waals surface area contributed by atoms with E-state index in [2.05, 4.69) is 17.1 Å². The number of para-hydroxylation sites is 2. The first-order valence-corrected chi connectivity index (χ1v) is 7.12. The number of allylic oxidation sites excluding steroid dienone is 1. The maximum absolute atomic E-state index is 11.6. The Hall–Kier alpha value is -3.08. The molecule has 5 nitrogen and oxygen atoms in total. The van der Waals surface area contributed by atoms with Gasteiger partial charge in [-0.2, -0.15) is 5.10 Å². The SMILES string of the molecule is C=CCc1cccc(/C=N/NC(=O)COc2ccccc2)c1O. The summed E-state index contributed by atoms with van der Waals surface area (Å²) >= 11 is 0. The van der Waals surface area contributed by atoms with Crippen LogP contribution in [0.15, 0.2) is 66.3 Å². The highest BCUT2D eigenvalue weighted by molar-refractivity contribution is 5.86. The minimum absolute atomic E-state index is 0.130. The van der Waals surface area contributed by atoms with Gasteiger partial charge in [0.15, 0.2) is 6.61 Å². The Bertz CT molecular complexity index is 697. The fraction of sp³-hybridized carbons (Fsp3) is 0.111. The van der Waals surface area contributed by atoms with Crippen LogP contribution in [0.5, 0.6) is 11.5 Å². The Morgan fingerprint density at radius 2 is 2.00 bits per heavy atom. The number of nitrogens with one attached hydrogen (secondary N) is 1. The molecule has 0 saturated carbocycles. The summed E-state index contributed by atoms with van der Waals surface area (Å²) in [4.78, 5) is 11.6. The summed E-state index contributed by atoms with van der Waals surface area (Å²) in [7, 11) is 0. The summed E-state index contributed by atoms with van der Waals surface area (Å²) in [6.45, 7) is 3.51. The number of carbonyl (C=O) groups excluding carboxylic acids is 1. The van der Waals surface area contributed by atoms with Crippen molar-refractivity contribution in [1.29, 1.82) is 0 Å². The standard InChI is InChI=1S/C18H18N2O3/c1-2-7-14-8-6-9-15(18(14)22)12-19-20-17(21)13-23-16-10-4-3-5-11-16/h2-6,8-12,22H,1,7,13H2,(H,20,21)/b19-12+. The fourth-order valence-electron chi connectivity index (χ4n) is 1.91. The molecular formula is C18H18N2O3. The Kier molecular flexibility index (Phi) is 5.94. The molecule has 0 unspecified atom stereocenters. The summed E-state index contributed by atoms with van der Waals surface area (Å²) in [5, 5.41) is 13.9. The number of carbonyl (C=O) groups is 1. The zero-order valence-electron chi connectivity index (χ0n) is 12.6. The zero-order valence-corrected chi connectivity index (χ0v) is 12.6. The Morgan fingerprint density at radius 3 is 2.74 bits per heavy atom. The summed E-state index contributed by atoms with van der Waals surface area (Å²) in [5.41, 5.74) is 3.63. The van der Waals surface area contributed by atoms with Crippen LogP contribution < -0.4 is 10.2 Å². The van der Waals surface area contributed by atoms with Crippen molar-refractivity contribution in [3.05, 3.63) is 72.3 Å². The van der Waals surface area contributed by atoms with Gasteiger partial charge in [0.1, 0.15) is 11.5 Å². The van der Waals surface area contributed by atoms with Gasteiger partial charge in [-0.25, -0.2) is 5.43 Å². The first-order valence-electron chi connectivity index (χ1n) is 7.12. The molecule has 5 heteroatoms. The highest BCUT2D eigenvalue weighted by Gasteiger charge is 2.04. The van der Waals surface area contributed by atoms with Gasteiger partial charge in [0.05, 0.1) is 6.21 Å². The Morgan fingerprint density at radius 1 is 1.22 bits per heavy atom. The number of amides is 1. The molecule has 0 aliphatic rings. The van der Waals surface area contributed by atoms with Crippen molar-refractivity contribution in [2.75, 3.05) is 6.61 Å². The van der Waals surface area contributed by atoms with Crippen LogP contribution in [-0.2, 0) is 11.2 Å². The number of hydrogen-bond donors (Lipinski definition) is 2. The monoisotopic (exact) mass is 310 g/mol. The van der Waals surface area contributed by atoms with E-state index in [1.54, 1.807) is 36.4 Å². The molecule has 2 N–H and O–H groups in total. The lowest BCUT2D eigenvalue weighted by atomic mass is 10.1. The Balaban J connectivity index is 1.87. The third kappa shape index (κ3) is 5.00. The van der Waals surface area contributed by atoms with Gasteiger partial charge >= 0.3 is 0 Å². The molecule has 0 aliphatic heterocycles. The average Bonchev–Trinajstić information content (AvgIpc) is 2.57. The first-order chi connectivity index (χ1) is 11.2. The lowest BCUT2D eigenvalue weighted by Crippen LogP contribution is -2.24. The van der Waals surface area contributed by atoms with Crippen LogP contribution in [0.1, 0.15) is 11.1 Å². The van der Waals surface area contributed by atoms with Crippen LogP contribution in [0.3, 0.4) is 0 Å². The van der Waals surface area contributed by atoms with Gasteiger partial charge in [-0.15, -0.1) is 6.58 Å². The van der Waals surface area contributed by atoms with E-state index in [1.165, 1.54) is 6.21 Å². The zero-order chi connectivity index (χ0) is 16.5. The molecule has 0 atom stereocenters. The number of nitrogens with zero attached hydrogens (tertiary/aromatic N) is 1. The molecule has 0 aromatic heterocycles. The van der Waals surface area contributed by atoms with Crippen LogP contribution in [0.25, 0.3) is 0 Å². The predicted octanol–water partition coefficient (Wildman–Crippen LogP) is 2.65. The third-order valence-electron chi connectivity index (χ3n) is 3.02. The van der Waals surface area contributed by atoms with Gasteiger partial charge in [0, 0.05) is 5.56 Å². The van der Waals surface area contributed by atoms with E-state index in [1.807, 2.05) is 18.2 Å². The van der Waals surface area contributed by atoms with E-state index in [9.17, 15) is 9.90 Å². The van der Waals surface area contributed by atoms with Crippen molar-refractivity contribution >= 4 is 12.1 Å². The van der Waals surface area contributed by atoms with Crippen molar-refractivity contribution in [2.24, 2.45) is 5.10 Å².